The number of ether oxygens (including phenoxy) is 2. The maximum Gasteiger partial charge on any atom is 0.471 e. The third-order valence-corrected chi connectivity index (χ3v) is 5.20. The van der Waals surface area contributed by atoms with Crippen LogP contribution in [0.15, 0.2) is 43.0 Å². The lowest BCUT2D eigenvalue weighted by molar-refractivity contribution is -0.171. The molecule has 0 saturated heterocycles. The first-order chi connectivity index (χ1) is 16.4. The molecule has 0 bridgehead atoms. The molecule has 0 atom stereocenters. The van der Waals surface area contributed by atoms with E-state index in [2.05, 4.69) is 11.3 Å². The van der Waals surface area contributed by atoms with Gasteiger partial charge < -0.3 is 14.6 Å². The van der Waals surface area contributed by atoms with Crippen LogP contribution in [-0.4, -0.2) is 54.4 Å². The van der Waals surface area contributed by atoms with Gasteiger partial charge >= 0.3 is 24.1 Å². The van der Waals surface area contributed by atoms with Gasteiger partial charge in [-0.3, -0.25) is 19.4 Å². The van der Waals surface area contributed by atoms with Gasteiger partial charge in [0.2, 0.25) is 0 Å². The lowest BCUT2D eigenvalue weighted by atomic mass is 9.94. The Labute approximate surface area is 196 Å². The van der Waals surface area contributed by atoms with Crippen LogP contribution < -0.4 is 9.64 Å². The van der Waals surface area contributed by atoms with Crippen molar-refractivity contribution >= 4 is 29.2 Å². The third-order valence-electron chi connectivity index (χ3n) is 5.20. The van der Waals surface area contributed by atoms with Crippen LogP contribution in [-0.2, 0) is 27.5 Å². The van der Waals surface area contributed by atoms with E-state index in [0.717, 1.165) is 12.0 Å². The number of amides is 2. The highest BCUT2D eigenvalue weighted by atomic mass is 19.4. The van der Waals surface area contributed by atoms with Crippen molar-refractivity contribution in [3.63, 3.8) is 0 Å². The van der Waals surface area contributed by atoms with E-state index in [1.165, 1.54) is 6.07 Å². The van der Waals surface area contributed by atoms with Gasteiger partial charge in [0.05, 0.1) is 13.7 Å². The number of carboxylic acid groups (broad SMARTS) is 1. The fraction of sp³-hybridized carbons (Fsp3) is 0.261. The second kappa shape index (κ2) is 10.0. The number of esters is 1. The first-order valence-electron chi connectivity index (χ1n) is 10.1. The zero-order valence-electron chi connectivity index (χ0n) is 18.4. The van der Waals surface area contributed by atoms with Crippen LogP contribution in [0, 0.1) is 5.82 Å². The molecule has 1 aliphatic heterocycles. The number of hydrogen-bond acceptors (Lipinski definition) is 5. The van der Waals surface area contributed by atoms with Crippen LogP contribution in [0.5, 0.6) is 5.75 Å². The maximum atomic E-state index is 15.8. The molecule has 2 aromatic carbocycles. The number of carbonyl (C=O) groups is 3. The Kier molecular flexibility index (Phi) is 7.32. The average Bonchev–Trinajstić information content (AvgIpc) is 2.81. The zero-order valence-corrected chi connectivity index (χ0v) is 18.4. The van der Waals surface area contributed by atoms with Crippen molar-refractivity contribution in [1.29, 1.82) is 0 Å². The second-order valence-corrected chi connectivity index (χ2v) is 7.55. The molecule has 1 aliphatic rings. The summed E-state index contributed by atoms with van der Waals surface area (Å²) in [5.74, 6) is -5.59. The molecule has 2 aromatic rings. The predicted molar refractivity (Wildman–Crippen MR) is 115 cm³/mol. The first-order valence-corrected chi connectivity index (χ1v) is 10.1. The van der Waals surface area contributed by atoms with E-state index in [-0.39, 0.29) is 34.8 Å². The number of rotatable bonds is 6. The molecular weight excluding hydrogens is 476 g/mol. The Hall–Kier alpha value is -4.09. The summed E-state index contributed by atoms with van der Waals surface area (Å²) < 4.78 is 66.1. The van der Waals surface area contributed by atoms with E-state index in [4.69, 9.17) is 4.74 Å². The van der Waals surface area contributed by atoms with Crippen LogP contribution in [0.4, 0.5) is 28.0 Å². The van der Waals surface area contributed by atoms with E-state index >= 15 is 4.39 Å². The summed E-state index contributed by atoms with van der Waals surface area (Å²) in [6, 6.07) is 9.60. The second-order valence-electron chi connectivity index (χ2n) is 7.55. The van der Waals surface area contributed by atoms with E-state index in [1.807, 2.05) is 0 Å². The topological polar surface area (TPSA) is 96.4 Å². The lowest BCUT2D eigenvalue weighted by Crippen LogP contribution is -2.45. The van der Waals surface area contributed by atoms with E-state index in [1.54, 1.807) is 30.3 Å². The van der Waals surface area contributed by atoms with Crippen molar-refractivity contribution in [3.8, 4) is 5.75 Å². The number of hydrogen-bond donors (Lipinski definition) is 1. The minimum Gasteiger partial charge on any atom is -0.487 e. The molecule has 0 saturated carbocycles. The van der Waals surface area contributed by atoms with Crippen LogP contribution in [0.25, 0.3) is 5.57 Å². The van der Waals surface area contributed by atoms with Gasteiger partial charge in [0, 0.05) is 12.1 Å². The van der Waals surface area contributed by atoms with Crippen molar-refractivity contribution in [2.45, 2.75) is 19.3 Å². The van der Waals surface area contributed by atoms with E-state index in [9.17, 15) is 32.7 Å². The number of fused-ring (bicyclic) bond motifs is 1. The molecule has 2 amide bonds. The Morgan fingerprint density at radius 2 is 1.83 bits per heavy atom. The number of halogens is 4. The summed E-state index contributed by atoms with van der Waals surface area (Å²) in [5.41, 5.74) is -0.383. The minimum absolute atomic E-state index is 0.121. The Morgan fingerprint density at radius 1 is 1.17 bits per heavy atom. The molecule has 0 fully saturated rings. The van der Waals surface area contributed by atoms with E-state index < -0.39 is 54.5 Å². The lowest BCUT2D eigenvalue weighted by Gasteiger charge is -2.32. The zero-order chi connectivity index (χ0) is 25.9. The summed E-state index contributed by atoms with van der Waals surface area (Å²) >= 11 is 0. The van der Waals surface area contributed by atoms with Gasteiger partial charge in [0.25, 0.3) is 0 Å². The van der Waals surface area contributed by atoms with Gasteiger partial charge in [-0.25, -0.2) is 9.18 Å². The van der Waals surface area contributed by atoms with Crippen LogP contribution in [0.1, 0.15) is 16.7 Å². The molecule has 1 N–H and O–H groups in total. The van der Waals surface area contributed by atoms with Gasteiger partial charge in [0.15, 0.2) is 5.82 Å². The van der Waals surface area contributed by atoms with Gasteiger partial charge in [0.1, 0.15) is 24.6 Å². The van der Waals surface area contributed by atoms with Crippen LogP contribution in [0.2, 0.25) is 0 Å². The number of benzene rings is 2. The van der Waals surface area contributed by atoms with Gasteiger partial charge in [-0.1, -0.05) is 36.9 Å². The Balaban J connectivity index is 2.20. The Morgan fingerprint density at radius 3 is 2.40 bits per heavy atom. The molecule has 0 unspecified atom stereocenters. The monoisotopic (exact) mass is 496 g/mol. The molecule has 186 valence electrons. The highest BCUT2D eigenvalue weighted by Gasteiger charge is 2.46. The first kappa shape index (κ1) is 25.5. The number of nitrogens with zero attached hydrogens (tertiary/aromatic N) is 2. The summed E-state index contributed by atoms with van der Waals surface area (Å²) in [5, 5.41) is 9.32. The summed E-state index contributed by atoms with van der Waals surface area (Å²) in [7, 11) is 0.892. The molecule has 0 aliphatic carbocycles. The molecule has 0 spiro atoms. The highest BCUT2D eigenvalue weighted by Crippen LogP contribution is 2.42. The molecule has 0 radical (unpaired) electrons. The van der Waals surface area contributed by atoms with Crippen molar-refractivity contribution < 1.29 is 46.5 Å². The normalized spacial score (nSPS) is 13.2. The van der Waals surface area contributed by atoms with Crippen LogP contribution >= 0.6 is 0 Å². The molecule has 1 heterocycles. The average molecular weight is 496 g/mol. The number of carbonyl (C=O) groups excluding carboxylic acids is 2. The fourth-order valence-corrected chi connectivity index (χ4v) is 3.52. The SMILES string of the molecule is C=C1CN(C(=O)O)Cc2c1cc(OCc1ccccc1)c(N(CC(=O)OC)C(=O)C(F)(F)F)c2F. The summed E-state index contributed by atoms with van der Waals surface area (Å²) in [4.78, 5) is 36.2. The Bertz CT molecular complexity index is 1170. The molecule has 12 heteroatoms. The quantitative estimate of drug-likeness (QED) is 0.480. The molecule has 3 rings (SSSR count). The highest BCUT2D eigenvalue weighted by molar-refractivity contribution is 6.02. The fourth-order valence-electron chi connectivity index (χ4n) is 3.52. The molecule has 35 heavy (non-hydrogen) atoms. The summed E-state index contributed by atoms with van der Waals surface area (Å²) in [6.45, 7) is 1.57. The van der Waals surface area contributed by atoms with Crippen molar-refractivity contribution in [2.75, 3.05) is 25.1 Å². The predicted octanol–water partition coefficient (Wildman–Crippen LogP) is 3.98. The van der Waals surface area contributed by atoms with Crippen molar-refractivity contribution in [1.82, 2.24) is 4.90 Å². The molecule has 0 aromatic heterocycles. The van der Waals surface area contributed by atoms with Gasteiger partial charge in [-0.15, -0.1) is 0 Å². The minimum atomic E-state index is -5.47. The van der Waals surface area contributed by atoms with Crippen molar-refractivity contribution in [2.24, 2.45) is 0 Å². The van der Waals surface area contributed by atoms with Crippen molar-refractivity contribution in [3.05, 3.63) is 65.5 Å². The van der Waals surface area contributed by atoms with Gasteiger partial charge in [-0.05, 0) is 22.8 Å². The number of anilines is 1. The van der Waals surface area contributed by atoms with E-state index in [0.29, 0.717) is 5.56 Å². The molecule has 8 nitrogen and oxygen atoms in total. The maximum absolute atomic E-state index is 15.8. The number of alkyl halides is 3. The smallest absolute Gasteiger partial charge is 0.471 e. The standard InChI is InChI=1S/C23H20F4N2O6/c1-13-9-28(22(32)33)10-16-15(13)8-17(35-12-14-6-4-3-5-7-14)20(19(16)24)29(11-18(30)34-2)21(31)23(25,26)27/h3-8H,1,9-12H2,2H3,(H,32,33). The van der Waals surface area contributed by atoms with Gasteiger partial charge in [-0.2, -0.15) is 13.2 Å². The van der Waals surface area contributed by atoms with Crippen LogP contribution in [0.3, 0.4) is 0 Å². The summed E-state index contributed by atoms with van der Waals surface area (Å²) in [6.07, 6.45) is -6.87. The third kappa shape index (κ3) is 5.53. The largest absolute Gasteiger partial charge is 0.487 e. The molecular formula is C23H20F4N2O6. The number of methoxy groups -OCH3 is 1.